The van der Waals surface area contributed by atoms with Gasteiger partial charge < -0.3 is 9.64 Å². The molecule has 0 radical (unpaired) electrons. The van der Waals surface area contributed by atoms with E-state index in [0.717, 1.165) is 49.5 Å². The van der Waals surface area contributed by atoms with Gasteiger partial charge in [0.25, 0.3) is 5.91 Å². The van der Waals surface area contributed by atoms with Crippen LogP contribution < -0.4 is 10.1 Å². The van der Waals surface area contributed by atoms with Crippen LogP contribution >= 0.6 is 0 Å². The van der Waals surface area contributed by atoms with Gasteiger partial charge >= 0.3 is 0 Å². The van der Waals surface area contributed by atoms with Crippen LogP contribution in [-0.2, 0) is 28.1 Å². The van der Waals surface area contributed by atoms with Gasteiger partial charge in [-0.1, -0.05) is 24.3 Å². The maximum Gasteiger partial charge on any atom is 0.255 e. The van der Waals surface area contributed by atoms with Crippen molar-refractivity contribution in [2.45, 2.75) is 50.2 Å². The summed E-state index contributed by atoms with van der Waals surface area (Å²) in [6.45, 7) is 3.73. The van der Waals surface area contributed by atoms with Crippen LogP contribution in [0.3, 0.4) is 0 Å². The van der Waals surface area contributed by atoms with Crippen LogP contribution in [0.4, 0.5) is 0 Å². The number of nitrogens with one attached hydrogen (secondary N) is 1. The minimum Gasteiger partial charge on any atom is -0.492 e. The lowest BCUT2D eigenvalue weighted by molar-refractivity contribution is -0.136. The average Bonchev–Trinajstić information content (AvgIpc) is 3.63. The van der Waals surface area contributed by atoms with E-state index in [9.17, 15) is 14.4 Å². The van der Waals surface area contributed by atoms with Crippen molar-refractivity contribution in [3.05, 3.63) is 77.1 Å². The van der Waals surface area contributed by atoms with E-state index in [1.165, 1.54) is 11.1 Å². The second kappa shape index (κ2) is 8.80. The Morgan fingerprint density at radius 3 is 2.66 bits per heavy atom. The van der Waals surface area contributed by atoms with Gasteiger partial charge in [-0.25, -0.2) is 4.68 Å². The molecule has 4 aliphatic rings. The second-order valence-electron chi connectivity index (χ2n) is 10.8. The number of ether oxygens (including phenoxy) is 1. The number of carbonyl (C=O) groups excluding carboxylic acids is 3. The summed E-state index contributed by atoms with van der Waals surface area (Å²) < 4.78 is 8.22. The number of aromatic nitrogens is 2. The summed E-state index contributed by atoms with van der Waals surface area (Å²) in [7, 11) is 0. The molecule has 1 N–H and O–H groups in total. The number of carbonyl (C=O) groups is 3. The molecule has 1 atom stereocenters. The number of piperidine rings is 2. The zero-order valence-corrected chi connectivity index (χ0v) is 21.1. The molecule has 3 aromatic rings. The fourth-order valence-corrected chi connectivity index (χ4v) is 6.46. The van der Waals surface area contributed by atoms with Crippen molar-refractivity contribution in [3.63, 3.8) is 0 Å². The second-order valence-corrected chi connectivity index (χ2v) is 10.8. The number of fused-ring (bicyclic) bond motifs is 4. The Labute approximate surface area is 220 Å². The lowest BCUT2D eigenvalue weighted by atomic mass is 9.74. The number of hydrogen-bond donors (Lipinski definition) is 1. The summed E-state index contributed by atoms with van der Waals surface area (Å²) in [5.41, 5.74) is 4.87. The Kier molecular flexibility index (Phi) is 5.36. The molecule has 0 saturated carbocycles. The maximum absolute atomic E-state index is 13.2. The molecule has 9 heteroatoms. The largest absolute Gasteiger partial charge is 0.492 e. The smallest absolute Gasteiger partial charge is 0.255 e. The fourth-order valence-electron chi connectivity index (χ4n) is 6.46. The molecule has 2 aromatic carbocycles. The Balaban J connectivity index is 1.05. The summed E-state index contributed by atoms with van der Waals surface area (Å²) in [4.78, 5) is 41.3. The first-order chi connectivity index (χ1) is 18.5. The van der Waals surface area contributed by atoms with E-state index >= 15 is 0 Å². The van der Waals surface area contributed by atoms with Crippen LogP contribution in [0, 0.1) is 0 Å². The lowest BCUT2D eigenvalue weighted by Gasteiger charge is -2.38. The van der Waals surface area contributed by atoms with Gasteiger partial charge in [0, 0.05) is 46.8 Å². The van der Waals surface area contributed by atoms with Gasteiger partial charge in [0.05, 0.1) is 25.0 Å². The number of rotatable bonds is 4. The van der Waals surface area contributed by atoms with Gasteiger partial charge in [0.2, 0.25) is 11.8 Å². The normalized spacial score (nSPS) is 22.4. The number of hydrogen-bond acceptors (Lipinski definition) is 6. The maximum atomic E-state index is 13.2. The van der Waals surface area contributed by atoms with Crippen LogP contribution in [0.25, 0.3) is 5.69 Å². The number of para-hydroxylation sites is 1. The van der Waals surface area contributed by atoms with Crippen molar-refractivity contribution in [1.82, 2.24) is 24.9 Å². The summed E-state index contributed by atoms with van der Waals surface area (Å²) in [5, 5.41) is 6.91. The molecule has 1 spiro atoms. The third-order valence-corrected chi connectivity index (χ3v) is 8.61. The van der Waals surface area contributed by atoms with E-state index in [-0.39, 0.29) is 23.7 Å². The summed E-state index contributed by atoms with van der Waals surface area (Å²) in [6, 6.07) is 13.5. The molecule has 2 saturated heterocycles. The first-order valence-electron chi connectivity index (χ1n) is 13.3. The van der Waals surface area contributed by atoms with E-state index < -0.39 is 11.9 Å². The first kappa shape index (κ1) is 23.2. The number of nitrogens with zero attached hydrogens (tertiary/aromatic N) is 4. The van der Waals surface area contributed by atoms with Crippen molar-refractivity contribution in [1.29, 1.82) is 0 Å². The SMILES string of the molecule is O=C1CCC(N2Cc3c(ccc4c3OCC43CCN(Cc4cnn(-c5ccccc5)c4)CC3)C2=O)C(=O)N1. The highest BCUT2D eigenvalue weighted by Gasteiger charge is 2.47. The predicted molar refractivity (Wildman–Crippen MR) is 138 cm³/mol. The van der Waals surface area contributed by atoms with Crippen LogP contribution in [0.2, 0.25) is 0 Å². The fraction of sp³-hybridized carbons (Fsp3) is 0.379. The molecule has 0 bridgehead atoms. The molecular formula is C29H29N5O4. The summed E-state index contributed by atoms with van der Waals surface area (Å²) >= 11 is 0. The van der Waals surface area contributed by atoms with Crippen molar-refractivity contribution in [3.8, 4) is 11.4 Å². The van der Waals surface area contributed by atoms with E-state index in [1.807, 2.05) is 47.3 Å². The Bertz CT molecular complexity index is 1440. The molecule has 9 nitrogen and oxygen atoms in total. The molecular weight excluding hydrogens is 482 g/mol. The topological polar surface area (TPSA) is 96.8 Å². The van der Waals surface area contributed by atoms with Gasteiger partial charge in [-0.2, -0.15) is 5.10 Å². The molecule has 3 amide bonds. The summed E-state index contributed by atoms with van der Waals surface area (Å²) in [5.74, 6) is -0.00739. The van der Waals surface area contributed by atoms with Crippen molar-refractivity contribution >= 4 is 17.7 Å². The highest BCUT2D eigenvalue weighted by atomic mass is 16.5. The van der Waals surface area contributed by atoms with E-state index in [0.29, 0.717) is 25.1 Å². The molecule has 4 aliphatic heterocycles. The van der Waals surface area contributed by atoms with Gasteiger partial charge in [0.1, 0.15) is 11.8 Å². The highest BCUT2D eigenvalue weighted by Crippen LogP contribution is 2.49. The van der Waals surface area contributed by atoms with Gasteiger partial charge in [-0.15, -0.1) is 0 Å². The Hall–Kier alpha value is -3.98. The van der Waals surface area contributed by atoms with Crippen molar-refractivity contribution in [2.75, 3.05) is 19.7 Å². The molecule has 5 heterocycles. The third kappa shape index (κ3) is 3.72. The van der Waals surface area contributed by atoms with Crippen LogP contribution in [0.1, 0.15) is 52.7 Å². The van der Waals surface area contributed by atoms with E-state index in [2.05, 4.69) is 27.6 Å². The highest BCUT2D eigenvalue weighted by molar-refractivity contribution is 6.05. The predicted octanol–water partition coefficient (Wildman–Crippen LogP) is 2.56. The Morgan fingerprint density at radius 2 is 1.87 bits per heavy atom. The molecule has 2 fully saturated rings. The van der Waals surface area contributed by atoms with Crippen molar-refractivity contribution < 1.29 is 19.1 Å². The minimum absolute atomic E-state index is 0.0554. The Morgan fingerprint density at radius 1 is 1.05 bits per heavy atom. The minimum atomic E-state index is -0.618. The van der Waals surface area contributed by atoms with Gasteiger partial charge in [-0.05, 0) is 50.6 Å². The van der Waals surface area contributed by atoms with Gasteiger partial charge in [0.15, 0.2) is 0 Å². The number of imide groups is 1. The van der Waals surface area contributed by atoms with Crippen molar-refractivity contribution in [2.24, 2.45) is 0 Å². The lowest BCUT2D eigenvalue weighted by Crippen LogP contribution is -2.52. The zero-order chi connectivity index (χ0) is 25.9. The zero-order valence-electron chi connectivity index (χ0n) is 21.1. The quantitative estimate of drug-likeness (QED) is 0.541. The molecule has 7 rings (SSSR count). The standard InChI is InChI=1S/C29H29N5O4/c35-25-9-8-24(27(36)31-25)33-17-22-21(28(33)37)6-7-23-26(22)38-18-29(23)10-12-32(13-11-29)15-19-14-30-34(16-19)20-4-2-1-3-5-20/h1-7,14,16,24H,8-13,15,17-18H2,(H,31,35,36). The van der Waals surface area contributed by atoms with E-state index in [1.54, 1.807) is 4.90 Å². The molecule has 38 heavy (non-hydrogen) atoms. The number of benzene rings is 2. The van der Waals surface area contributed by atoms with E-state index in [4.69, 9.17) is 4.74 Å². The van der Waals surface area contributed by atoms with Crippen LogP contribution in [0.15, 0.2) is 54.9 Å². The number of likely N-dealkylation sites (tertiary alicyclic amines) is 1. The summed E-state index contributed by atoms with van der Waals surface area (Å²) in [6.07, 6.45) is 6.62. The molecule has 0 aliphatic carbocycles. The van der Waals surface area contributed by atoms with Gasteiger partial charge in [-0.3, -0.25) is 24.6 Å². The number of amides is 3. The molecule has 194 valence electrons. The monoisotopic (exact) mass is 511 g/mol. The average molecular weight is 512 g/mol. The first-order valence-corrected chi connectivity index (χ1v) is 13.3. The third-order valence-electron chi connectivity index (χ3n) is 8.61. The van der Waals surface area contributed by atoms with Crippen LogP contribution in [0.5, 0.6) is 5.75 Å². The van der Waals surface area contributed by atoms with Crippen LogP contribution in [-0.4, -0.2) is 63.0 Å². The molecule has 1 aromatic heterocycles. The molecule has 1 unspecified atom stereocenters.